The predicted molar refractivity (Wildman–Crippen MR) is 67.9 cm³/mol. The lowest BCUT2D eigenvalue weighted by atomic mass is 10.0. The van der Waals surface area contributed by atoms with Gasteiger partial charge in [0.05, 0.1) is 16.5 Å². The number of nitrogens with zero attached hydrogens (tertiary/aromatic N) is 1. The molecule has 0 aromatic carbocycles. The summed E-state index contributed by atoms with van der Waals surface area (Å²) < 4.78 is 0.811. The molecule has 1 aromatic rings. The van der Waals surface area contributed by atoms with Crippen LogP contribution in [-0.4, -0.2) is 35.7 Å². The molecule has 16 heavy (non-hydrogen) atoms. The van der Waals surface area contributed by atoms with E-state index in [0.717, 1.165) is 30.3 Å². The third kappa shape index (κ3) is 2.76. The van der Waals surface area contributed by atoms with Crippen molar-refractivity contribution in [2.75, 3.05) is 19.6 Å². The summed E-state index contributed by atoms with van der Waals surface area (Å²) in [5.41, 5.74) is 5.84. The molecule has 5 heteroatoms. The number of piperidine rings is 1. The Morgan fingerprint density at radius 3 is 2.69 bits per heavy atom. The van der Waals surface area contributed by atoms with E-state index in [2.05, 4.69) is 11.0 Å². The SMILES string of the molecule is NCC(c1ccc(Cl)s1)N1CCC(O)CC1. The molecule has 0 bridgehead atoms. The molecular formula is C11H17ClN2OS. The number of hydrogen-bond donors (Lipinski definition) is 2. The molecule has 1 atom stereocenters. The average Bonchev–Trinajstić information content (AvgIpc) is 2.69. The van der Waals surface area contributed by atoms with E-state index in [1.54, 1.807) is 11.3 Å². The van der Waals surface area contributed by atoms with E-state index in [9.17, 15) is 5.11 Å². The number of aliphatic hydroxyl groups excluding tert-OH is 1. The summed E-state index contributed by atoms with van der Waals surface area (Å²) in [6.45, 7) is 2.43. The Morgan fingerprint density at radius 1 is 1.50 bits per heavy atom. The van der Waals surface area contributed by atoms with Gasteiger partial charge in [-0.2, -0.15) is 0 Å². The van der Waals surface area contributed by atoms with Crippen molar-refractivity contribution in [2.24, 2.45) is 5.73 Å². The molecule has 1 saturated heterocycles. The van der Waals surface area contributed by atoms with Gasteiger partial charge < -0.3 is 10.8 Å². The van der Waals surface area contributed by atoms with Gasteiger partial charge in [0.2, 0.25) is 0 Å². The third-order valence-electron chi connectivity index (χ3n) is 3.09. The van der Waals surface area contributed by atoms with Gasteiger partial charge in [0, 0.05) is 24.5 Å². The lowest BCUT2D eigenvalue weighted by Gasteiger charge is -2.35. The highest BCUT2D eigenvalue weighted by molar-refractivity contribution is 7.16. The summed E-state index contributed by atoms with van der Waals surface area (Å²) in [5.74, 6) is 0. The van der Waals surface area contributed by atoms with Gasteiger partial charge >= 0.3 is 0 Å². The number of aliphatic hydroxyl groups is 1. The highest BCUT2D eigenvalue weighted by Gasteiger charge is 2.25. The van der Waals surface area contributed by atoms with E-state index in [1.165, 1.54) is 4.88 Å². The van der Waals surface area contributed by atoms with Gasteiger partial charge in [-0.05, 0) is 25.0 Å². The summed E-state index contributed by atoms with van der Waals surface area (Å²) in [7, 11) is 0. The maximum atomic E-state index is 9.48. The van der Waals surface area contributed by atoms with Crippen LogP contribution in [0.2, 0.25) is 4.34 Å². The first-order valence-electron chi connectivity index (χ1n) is 5.58. The molecule has 0 radical (unpaired) electrons. The molecule has 1 aliphatic heterocycles. The topological polar surface area (TPSA) is 49.5 Å². The molecule has 0 spiro atoms. The Balaban J connectivity index is 2.05. The highest BCUT2D eigenvalue weighted by Crippen LogP contribution is 2.31. The third-order valence-corrected chi connectivity index (χ3v) is 4.42. The first-order valence-corrected chi connectivity index (χ1v) is 6.77. The normalized spacial score (nSPS) is 21.2. The number of thiophene rings is 1. The predicted octanol–water partition coefficient (Wildman–Crippen LogP) is 1.86. The number of rotatable bonds is 3. The number of likely N-dealkylation sites (tertiary alicyclic amines) is 1. The Bertz CT molecular complexity index is 336. The zero-order valence-corrected chi connectivity index (χ0v) is 10.7. The molecule has 1 aromatic heterocycles. The standard InChI is InChI=1S/C11H17ClN2OS/c12-11-2-1-10(16-11)9(7-13)14-5-3-8(15)4-6-14/h1-2,8-9,15H,3-7,13H2. The van der Waals surface area contributed by atoms with Gasteiger partial charge in [-0.25, -0.2) is 0 Å². The van der Waals surface area contributed by atoms with Crippen LogP contribution in [0.25, 0.3) is 0 Å². The van der Waals surface area contributed by atoms with Gasteiger partial charge in [-0.3, -0.25) is 4.90 Å². The minimum atomic E-state index is -0.137. The molecule has 2 rings (SSSR count). The minimum Gasteiger partial charge on any atom is -0.393 e. The average molecular weight is 261 g/mol. The van der Waals surface area contributed by atoms with Gasteiger partial charge in [0.1, 0.15) is 0 Å². The zero-order chi connectivity index (χ0) is 11.5. The van der Waals surface area contributed by atoms with Crippen molar-refractivity contribution >= 4 is 22.9 Å². The van der Waals surface area contributed by atoms with Crippen molar-refractivity contribution in [1.29, 1.82) is 0 Å². The summed E-state index contributed by atoms with van der Waals surface area (Å²) in [5, 5.41) is 9.48. The smallest absolute Gasteiger partial charge is 0.0931 e. The van der Waals surface area contributed by atoms with Crippen LogP contribution in [0.4, 0.5) is 0 Å². The van der Waals surface area contributed by atoms with Crippen LogP contribution in [-0.2, 0) is 0 Å². The second-order valence-corrected chi connectivity index (χ2v) is 5.91. The van der Waals surface area contributed by atoms with Gasteiger partial charge in [0.25, 0.3) is 0 Å². The zero-order valence-electron chi connectivity index (χ0n) is 9.10. The number of hydrogen-bond acceptors (Lipinski definition) is 4. The van der Waals surface area contributed by atoms with E-state index in [1.807, 2.05) is 6.07 Å². The summed E-state index contributed by atoms with van der Waals surface area (Å²) >= 11 is 7.54. The fraction of sp³-hybridized carbons (Fsp3) is 0.636. The molecular weight excluding hydrogens is 244 g/mol. The lowest BCUT2D eigenvalue weighted by molar-refractivity contribution is 0.0630. The van der Waals surface area contributed by atoms with Crippen LogP contribution >= 0.6 is 22.9 Å². The van der Waals surface area contributed by atoms with Crippen LogP contribution in [0, 0.1) is 0 Å². The molecule has 1 unspecified atom stereocenters. The van der Waals surface area contributed by atoms with Gasteiger partial charge in [0.15, 0.2) is 0 Å². The monoisotopic (exact) mass is 260 g/mol. The maximum Gasteiger partial charge on any atom is 0.0931 e. The molecule has 3 N–H and O–H groups in total. The van der Waals surface area contributed by atoms with Crippen molar-refractivity contribution in [2.45, 2.75) is 25.0 Å². The van der Waals surface area contributed by atoms with E-state index in [-0.39, 0.29) is 12.1 Å². The maximum absolute atomic E-state index is 9.48. The molecule has 2 heterocycles. The molecule has 1 fully saturated rings. The summed E-state index contributed by atoms with van der Waals surface area (Å²) in [6, 6.07) is 4.23. The van der Waals surface area contributed by atoms with E-state index in [0.29, 0.717) is 6.54 Å². The van der Waals surface area contributed by atoms with E-state index >= 15 is 0 Å². The largest absolute Gasteiger partial charge is 0.393 e. The summed E-state index contributed by atoms with van der Waals surface area (Å²) in [6.07, 6.45) is 1.55. The highest BCUT2D eigenvalue weighted by atomic mass is 35.5. The Hall–Kier alpha value is -0.130. The second kappa shape index (κ2) is 5.47. The van der Waals surface area contributed by atoms with Crippen LogP contribution in [0.1, 0.15) is 23.8 Å². The van der Waals surface area contributed by atoms with Crippen molar-refractivity contribution < 1.29 is 5.11 Å². The first kappa shape index (κ1) is 12.3. The lowest BCUT2D eigenvalue weighted by Crippen LogP contribution is -2.40. The van der Waals surface area contributed by atoms with Crippen LogP contribution in [0.3, 0.4) is 0 Å². The van der Waals surface area contributed by atoms with Crippen LogP contribution in [0.5, 0.6) is 0 Å². The van der Waals surface area contributed by atoms with E-state index in [4.69, 9.17) is 17.3 Å². The van der Waals surface area contributed by atoms with Gasteiger partial charge in [-0.15, -0.1) is 11.3 Å². The molecule has 0 amide bonds. The molecule has 3 nitrogen and oxygen atoms in total. The second-order valence-electron chi connectivity index (χ2n) is 4.16. The fourth-order valence-electron chi connectivity index (χ4n) is 2.15. The van der Waals surface area contributed by atoms with Crippen molar-refractivity contribution in [3.8, 4) is 0 Å². The van der Waals surface area contributed by atoms with Crippen molar-refractivity contribution in [1.82, 2.24) is 4.90 Å². The Kier molecular flexibility index (Phi) is 4.21. The molecule has 0 aliphatic carbocycles. The van der Waals surface area contributed by atoms with Crippen LogP contribution in [0.15, 0.2) is 12.1 Å². The Labute approximate surface area is 105 Å². The number of nitrogens with two attached hydrogens (primary N) is 1. The first-order chi connectivity index (χ1) is 7.70. The molecule has 90 valence electrons. The van der Waals surface area contributed by atoms with Gasteiger partial charge in [-0.1, -0.05) is 11.6 Å². The Morgan fingerprint density at radius 2 is 2.19 bits per heavy atom. The molecule has 0 saturated carbocycles. The number of halogens is 1. The quantitative estimate of drug-likeness (QED) is 0.872. The minimum absolute atomic E-state index is 0.137. The summed E-state index contributed by atoms with van der Waals surface area (Å²) in [4.78, 5) is 3.57. The van der Waals surface area contributed by atoms with Crippen LogP contribution < -0.4 is 5.73 Å². The fourth-order valence-corrected chi connectivity index (χ4v) is 3.36. The van der Waals surface area contributed by atoms with E-state index < -0.39 is 0 Å². The molecule has 1 aliphatic rings. The van der Waals surface area contributed by atoms with Crippen molar-refractivity contribution in [3.63, 3.8) is 0 Å². The van der Waals surface area contributed by atoms with Crippen molar-refractivity contribution in [3.05, 3.63) is 21.3 Å².